The second kappa shape index (κ2) is 7.61. The van der Waals surface area contributed by atoms with E-state index in [1.54, 1.807) is 25.1 Å². The molecule has 0 radical (unpaired) electrons. The zero-order valence-corrected chi connectivity index (χ0v) is 16.4. The van der Waals surface area contributed by atoms with Crippen molar-refractivity contribution in [2.45, 2.75) is 19.4 Å². The summed E-state index contributed by atoms with van der Waals surface area (Å²) in [5.74, 6) is 0.159. The lowest BCUT2D eigenvalue weighted by Gasteiger charge is -2.23. The van der Waals surface area contributed by atoms with E-state index in [1.165, 1.54) is 11.3 Å². The van der Waals surface area contributed by atoms with Gasteiger partial charge in [-0.25, -0.2) is 4.98 Å². The third-order valence-corrected chi connectivity index (χ3v) is 5.45. The first-order chi connectivity index (χ1) is 13.5. The molecule has 2 heterocycles. The monoisotopic (exact) mass is 413 g/mol. The average molecular weight is 414 g/mol. The van der Waals surface area contributed by atoms with E-state index >= 15 is 0 Å². The molecule has 0 saturated carbocycles. The molecule has 1 unspecified atom stereocenters. The first-order valence-corrected chi connectivity index (χ1v) is 9.86. The summed E-state index contributed by atoms with van der Waals surface area (Å²) < 4.78 is 5.51. The Balaban J connectivity index is 1.44. The maximum absolute atomic E-state index is 12.4. The van der Waals surface area contributed by atoms with E-state index in [-0.39, 0.29) is 18.2 Å². The number of hydrogen-bond donors (Lipinski definition) is 2. The fourth-order valence-corrected chi connectivity index (χ4v) is 3.94. The van der Waals surface area contributed by atoms with E-state index in [9.17, 15) is 9.59 Å². The minimum absolute atomic E-state index is 0.137. The summed E-state index contributed by atoms with van der Waals surface area (Å²) in [5.41, 5.74) is 2.63. The van der Waals surface area contributed by atoms with Gasteiger partial charge in [0, 0.05) is 16.6 Å². The highest BCUT2D eigenvalue weighted by Gasteiger charge is 2.23. The zero-order valence-electron chi connectivity index (χ0n) is 14.9. The molecule has 2 amide bonds. The van der Waals surface area contributed by atoms with Crippen molar-refractivity contribution in [3.05, 3.63) is 58.6 Å². The highest BCUT2D eigenvalue weighted by molar-refractivity contribution is 7.13. The Kier molecular flexibility index (Phi) is 5.02. The first kappa shape index (κ1) is 18.5. The van der Waals surface area contributed by atoms with Crippen LogP contribution < -0.4 is 15.4 Å². The fourth-order valence-electron chi connectivity index (χ4n) is 2.80. The van der Waals surface area contributed by atoms with Gasteiger partial charge in [-0.2, -0.15) is 0 Å². The Morgan fingerprint density at radius 2 is 2.14 bits per heavy atom. The summed E-state index contributed by atoms with van der Waals surface area (Å²) in [4.78, 5) is 28.6. The van der Waals surface area contributed by atoms with Gasteiger partial charge in [0.2, 0.25) is 5.91 Å². The molecule has 1 aromatic heterocycles. The summed E-state index contributed by atoms with van der Waals surface area (Å²) in [6, 6.07) is 12.6. The molecule has 6 nitrogen and oxygen atoms in total. The van der Waals surface area contributed by atoms with Crippen molar-refractivity contribution in [2.75, 3.05) is 10.6 Å². The predicted molar refractivity (Wildman–Crippen MR) is 110 cm³/mol. The molecule has 1 aliphatic heterocycles. The molecule has 0 fully saturated rings. The average Bonchev–Trinajstić information content (AvgIpc) is 3.11. The minimum Gasteiger partial charge on any atom is -0.479 e. The molecule has 2 N–H and O–H groups in total. The number of fused-ring (bicyclic) bond motifs is 1. The quantitative estimate of drug-likeness (QED) is 0.665. The van der Waals surface area contributed by atoms with Crippen LogP contribution in [0.5, 0.6) is 5.75 Å². The van der Waals surface area contributed by atoms with Gasteiger partial charge < -0.3 is 15.4 Å². The lowest BCUT2D eigenvalue weighted by molar-refractivity contribution is -0.122. The van der Waals surface area contributed by atoms with Crippen LogP contribution in [-0.4, -0.2) is 22.9 Å². The fraction of sp³-hybridized carbons (Fsp3) is 0.150. The van der Waals surface area contributed by atoms with Crippen molar-refractivity contribution in [1.29, 1.82) is 0 Å². The maximum Gasteiger partial charge on any atom is 0.265 e. The van der Waals surface area contributed by atoms with Gasteiger partial charge in [-0.1, -0.05) is 29.8 Å². The lowest BCUT2D eigenvalue weighted by atomic mass is 10.2. The second-order valence-electron chi connectivity index (χ2n) is 6.31. The Morgan fingerprint density at radius 1 is 1.32 bits per heavy atom. The third-order valence-electron chi connectivity index (χ3n) is 4.19. The summed E-state index contributed by atoms with van der Waals surface area (Å²) in [7, 11) is 0. The predicted octanol–water partition coefficient (Wildman–Crippen LogP) is 4.36. The van der Waals surface area contributed by atoms with Crippen LogP contribution in [0.4, 0.5) is 11.4 Å². The van der Waals surface area contributed by atoms with Crippen LogP contribution in [0.25, 0.3) is 10.6 Å². The Bertz CT molecular complexity index is 1070. The topological polar surface area (TPSA) is 80.3 Å². The molecule has 8 heteroatoms. The molecule has 1 aliphatic rings. The van der Waals surface area contributed by atoms with Gasteiger partial charge in [0.1, 0.15) is 10.8 Å². The van der Waals surface area contributed by atoms with Gasteiger partial charge in [0.15, 0.2) is 6.10 Å². The number of carbonyl (C=O) groups is 2. The van der Waals surface area contributed by atoms with Crippen molar-refractivity contribution < 1.29 is 14.3 Å². The number of anilines is 2. The molecule has 0 spiro atoms. The lowest BCUT2D eigenvalue weighted by Crippen LogP contribution is -2.34. The van der Waals surface area contributed by atoms with Crippen LogP contribution in [0, 0.1) is 0 Å². The smallest absolute Gasteiger partial charge is 0.265 e. The van der Waals surface area contributed by atoms with Gasteiger partial charge in [0.25, 0.3) is 5.91 Å². The van der Waals surface area contributed by atoms with Gasteiger partial charge in [-0.05, 0) is 31.2 Å². The summed E-state index contributed by atoms with van der Waals surface area (Å²) in [6.45, 7) is 1.68. The molecule has 0 saturated heterocycles. The van der Waals surface area contributed by atoms with Crippen LogP contribution in [0.3, 0.4) is 0 Å². The zero-order chi connectivity index (χ0) is 19.7. The van der Waals surface area contributed by atoms with E-state index in [2.05, 4.69) is 15.6 Å². The molecular weight excluding hydrogens is 398 g/mol. The summed E-state index contributed by atoms with van der Waals surface area (Å²) >= 11 is 7.65. The van der Waals surface area contributed by atoms with E-state index in [4.69, 9.17) is 16.3 Å². The summed E-state index contributed by atoms with van der Waals surface area (Å²) in [6.07, 6.45) is -0.400. The molecule has 3 aromatic rings. The van der Waals surface area contributed by atoms with Crippen LogP contribution in [0.1, 0.15) is 12.6 Å². The molecule has 142 valence electrons. The Hall–Kier alpha value is -2.90. The SMILES string of the molecule is CC1Oc2ccc(NC(=O)Cc3csc(-c4ccccc4Cl)n3)cc2NC1=O. The van der Waals surface area contributed by atoms with Crippen LogP contribution in [0.2, 0.25) is 5.02 Å². The number of nitrogens with zero attached hydrogens (tertiary/aromatic N) is 1. The minimum atomic E-state index is -0.537. The molecule has 0 bridgehead atoms. The molecule has 4 rings (SSSR count). The van der Waals surface area contributed by atoms with Crippen molar-refractivity contribution in [3.8, 4) is 16.3 Å². The van der Waals surface area contributed by atoms with Crippen molar-refractivity contribution in [1.82, 2.24) is 4.98 Å². The second-order valence-corrected chi connectivity index (χ2v) is 7.57. The van der Waals surface area contributed by atoms with Crippen molar-refractivity contribution >= 4 is 46.1 Å². The highest BCUT2D eigenvalue weighted by atomic mass is 35.5. The van der Waals surface area contributed by atoms with Crippen molar-refractivity contribution in [3.63, 3.8) is 0 Å². The largest absolute Gasteiger partial charge is 0.479 e. The maximum atomic E-state index is 12.4. The van der Waals surface area contributed by atoms with E-state index in [0.29, 0.717) is 27.8 Å². The standard InChI is InChI=1S/C20H16ClN3O3S/c1-11-19(26)24-16-8-12(6-7-17(16)27-11)22-18(25)9-13-10-28-20(23-13)14-4-2-3-5-15(14)21/h2-8,10-11H,9H2,1H3,(H,22,25)(H,24,26). The van der Waals surface area contributed by atoms with Gasteiger partial charge in [-0.15, -0.1) is 11.3 Å². The van der Waals surface area contributed by atoms with Crippen LogP contribution >= 0.6 is 22.9 Å². The number of ether oxygens (including phenoxy) is 1. The number of amides is 2. The van der Waals surface area contributed by atoms with Gasteiger partial charge >= 0.3 is 0 Å². The number of carbonyl (C=O) groups excluding carboxylic acids is 2. The third kappa shape index (κ3) is 3.85. The number of nitrogens with one attached hydrogen (secondary N) is 2. The normalized spacial score (nSPS) is 15.4. The Labute approximate surface area is 170 Å². The van der Waals surface area contributed by atoms with Gasteiger partial charge in [0.05, 0.1) is 22.8 Å². The first-order valence-electron chi connectivity index (χ1n) is 8.60. The van der Waals surface area contributed by atoms with E-state index in [0.717, 1.165) is 10.6 Å². The number of aromatic nitrogens is 1. The Morgan fingerprint density at radius 3 is 2.96 bits per heavy atom. The van der Waals surface area contributed by atoms with E-state index < -0.39 is 6.10 Å². The van der Waals surface area contributed by atoms with E-state index in [1.807, 2.05) is 29.6 Å². The van der Waals surface area contributed by atoms with Gasteiger partial charge in [-0.3, -0.25) is 9.59 Å². The molecular formula is C20H16ClN3O3S. The highest BCUT2D eigenvalue weighted by Crippen LogP contribution is 2.32. The number of hydrogen-bond acceptors (Lipinski definition) is 5. The molecule has 1 atom stereocenters. The molecule has 2 aromatic carbocycles. The molecule has 0 aliphatic carbocycles. The summed E-state index contributed by atoms with van der Waals surface area (Å²) in [5, 5.41) is 8.83. The van der Waals surface area contributed by atoms with Crippen LogP contribution in [-0.2, 0) is 16.0 Å². The number of benzene rings is 2. The number of halogens is 1. The van der Waals surface area contributed by atoms with Crippen molar-refractivity contribution in [2.24, 2.45) is 0 Å². The molecule has 28 heavy (non-hydrogen) atoms. The number of thiazole rings is 1. The van der Waals surface area contributed by atoms with Crippen LogP contribution in [0.15, 0.2) is 47.8 Å². The number of rotatable bonds is 4.